The molecular weight excluding hydrogens is 234 g/mol. The quantitative estimate of drug-likeness (QED) is 0.768. The third-order valence-corrected chi connectivity index (χ3v) is 3.55. The summed E-state index contributed by atoms with van der Waals surface area (Å²) >= 11 is 0. The van der Waals surface area contributed by atoms with E-state index in [0.717, 1.165) is 6.42 Å². The van der Waals surface area contributed by atoms with Gasteiger partial charge in [0, 0.05) is 19.6 Å². The van der Waals surface area contributed by atoms with Gasteiger partial charge in [-0.25, -0.2) is 0 Å². The number of hydrogen-bond donors (Lipinski definition) is 2. The zero-order chi connectivity index (χ0) is 13.3. The number of hydrogen-bond acceptors (Lipinski definition) is 6. The van der Waals surface area contributed by atoms with Gasteiger partial charge in [-0.05, 0) is 26.2 Å². The van der Waals surface area contributed by atoms with Crippen LogP contribution < -0.4 is 16.4 Å². The van der Waals surface area contributed by atoms with Gasteiger partial charge in [-0.3, -0.25) is 4.79 Å². The van der Waals surface area contributed by atoms with Crippen molar-refractivity contribution in [1.82, 2.24) is 10.1 Å². The third kappa shape index (κ3) is 2.31. The van der Waals surface area contributed by atoms with Crippen molar-refractivity contribution in [2.24, 2.45) is 16.9 Å². The van der Waals surface area contributed by atoms with Crippen LogP contribution in [0.1, 0.15) is 25.1 Å². The highest BCUT2D eigenvalue weighted by atomic mass is 16.5. The number of rotatable bonds is 4. The van der Waals surface area contributed by atoms with E-state index in [9.17, 15) is 4.79 Å². The van der Waals surface area contributed by atoms with E-state index in [4.69, 9.17) is 16.0 Å². The van der Waals surface area contributed by atoms with E-state index in [1.165, 1.54) is 0 Å². The molecule has 0 radical (unpaired) electrons. The molecular formula is C11H19N5O2. The molecule has 0 aliphatic heterocycles. The summed E-state index contributed by atoms with van der Waals surface area (Å²) in [5, 5.41) is 3.73. The van der Waals surface area contributed by atoms with E-state index in [1.54, 1.807) is 11.8 Å². The normalized spacial score (nSPS) is 27.4. The van der Waals surface area contributed by atoms with E-state index in [1.807, 2.05) is 7.05 Å². The molecule has 100 valence electrons. The summed E-state index contributed by atoms with van der Waals surface area (Å²) in [6.07, 6.45) is 2.14. The van der Waals surface area contributed by atoms with Gasteiger partial charge in [0.1, 0.15) is 0 Å². The maximum atomic E-state index is 11.7. The number of nitrogens with zero attached hydrogens (tertiary/aromatic N) is 3. The van der Waals surface area contributed by atoms with Crippen LogP contribution in [-0.2, 0) is 4.79 Å². The molecule has 4 N–H and O–H groups in total. The van der Waals surface area contributed by atoms with Crippen LogP contribution in [0.5, 0.6) is 0 Å². The molecule has 2 rings (SSSR count). The van der Waals surface area contributed by atoms with Crippen molar-refractivity contribution in [1.29, 1.82) is 0 Å². The van der Waals surface area contributed by atoms with E-state index in [2.05, 4.69) is 10.1 Å². The Balaban J connectivity index is 2.13. The smallest absolute Gasteiger partial charge is 0.323 e. The van der Waals surface area contributed by atoms with Crippen molar-refractivity contribution in [2.45, 2.75) is 32.2 Å². The van der Waals surface area contributed by atoms with Crippen LogP contribution in [0.3, 0.4) is 0 Å². The Kier molecular flexibility index (Phi) is 3.25. The van der Waals surface area contributed by atoms with Gasteiger partial charge in [0.15, 0.2) is 5.82 Å². The Hall–Kier alpha value is -1.63. The van der Waals surface area contributed by atoms with E-state index >= 15 is 0 Å². The maximum absolute atomic E-state index is 11.7. The van der Waals surface area contributed by atoms with E-state index in [0.29, 0.717) is 31.2 Å². The van der Waals surface area contributed by atoms with Gasteiger partial charge in [-0.15, -0.1) is 0 Å². The molecule has 1 aliphatic rings. The topological polar surface area (TPSA) is 111 Å². The van der Waals surface area contributed by atoms with Crippen LogP contribution in [-0.4, -0.2) is 35.7 Å². The molecule has 1 fully saturated rings. The number of primary amides is 1. The van der Waals surface area contributed by atoms with Crippen LogP contribution in [0.15, 0.2) is 4.52 Å². The minimum absolute atomic E-state index is 0.0373. The summed E-state index contributed by atoms with van der Waals surface area (Å²) in [5.74, 6) is 0.256. The second-order valence-corrected chi connectivity index (χ2v) is 5.13. The molecule has 1 saturated carbocycles. The molecule has 1 aliphatic carbocycles. The summed E-state index contributed by atoms with van der Waals surface area (Å²) in [6.45, 7) is 2.20. The number of aryl methyl sites for hydroxylation is 1. The molecule has 7 nitrogen and oxygen atoms in total. The Morgan fingerprint density at radius 3 is 2.83 bits per heavy atom. The number of carbonyl (C=O) groups excluding carboxylic acids is 1. The predicted molar refractivity (Wildman–Crippen MR) is 65.8 cm³/mol. The molecule has 1 aromatic rings. The van der Waals surface area contributed by atoms with Gasteiger partial charge >= 0.3 is 6.01 Å². The van der Waals surface area contributed by atoms with Crippen molar-refractivity contribution in [3.05, 3.63) is 5.82 Å². The van der Waals surface area contributed by atoms with Crippen LogP contribution >= 0.6 is 0 Å². The van der Waals surface area contributed by atoms with Crippen LogP contribution in [0.2, 0.25) is 0 Å². The van der Waals surface area contributed by atoms with Crippen molar-refractivity contribution in [2.75, 3.05) is 18.5 Å². The van der Waals surface area contributed by atoms with Gasteiger partial charge in [0.2, 0.25) is 5.91 Å². The Morgan fingerprint density at radius 1 is 1.67 bits per heavy atom. The highest BCUT2D eigenvalue weighted by molar-refractivity contribution is 5.82. The fraction of sp³-hybridized carbons (Fsp3) is 0.727. The summed E-state index contributed by atoms with van der Waals surface area (Å²) in [4.78, 5) is 17.6. The summed E-state index contributed by atoms with van der Waals surface area (Å²) in [7, 11) is 1.81. The second-order valence-electron chi connectivity index (χ2n) is 5.13. The fourth-order valence-corrected chi connectivity index (χ4v) is 2.58. The number of carbonyl (C=O) groups is 1. The zero-order valence-corrected chi connectivity index (χ0v) is 10.7. The highest BCUT2D eigenvalue weighted by Gasteiger charge is 2.44. The second kappa shape index (κ2) is 4.56. The predicted octanol–water partition coefficient (Wildman–Crippen LogP) is -0.203. The number of nitrogens with two attached hydrogens (primary N) is 2. The van der Waals surface area contributed by atoms with Crippen molar-refractivity contribution in [3.63, 3.8) is 0 Å². The Labute approximate surface area is 105 Å². The zero-order valence-electron chi connectivity index (χ0n) is 10.7. The van der Waals surface area contributed by atoms with Gasteiger partial charge in [0.25, 0.3) is 0 Å². The minimum atomic E-state index is -0.587. The van der Waals surface area contributed by atoms with Crippen molar-refractivity contribution < 1.29 is 9.32 Å². The lowest BCUT2D eigenvalue weighted by atomic mass is 9.84. The molecule has 1 heterocycles. The first-order valence-corrected chi connectivity index (χ1v) is 6.00. The molecule has 1 aromatic heterocycles. The van der Waals surface area contributed by atoms with Gasteiger partial charge in [-0.1, -0.05) is 5.16 Å². The first-order chi connectivity index (χ1) is 8.43. The molecule has 7 heteroatoms. The lowest BCUT2D eigenvalue weighted by molar-refractivity contribution is -0.127. The largest absolute Gasteiger partial charge is 0.369 e. The molecule has 0 spiro atoms. The van der Waals surface area contributed by atoms with Crippen LogP contribution in [0.4, 0.5) is 6.01 Å². The maximum Gasteiger partial charge on any atom is 0.323 e. The Morgan fingerprint density at radius 2 is 2.39 bits per heavy atom. The molecule has 0 bridgehead atoms. The van der Waals surface area contributed by atoms with Gasteiger partial charge < -0.3 is 20.9 Å². The van der Waals surface area contributed by atoms with Gasteiger partial charge in [0.05, 0.1) is 5.41 Å². The van der Waals surface area contributed by atoms with Crippen LogP contribution in [0.25, 0.3) is 0 Å². The van der Waals surface area contributed by atoms with Crippen molar-refractivity contribution >= 4 is 11.9 Å². The summed E-state index contributed by atoms with van der Waals surface area (Å²) in [5.41, 5.74) is 10.8. The molecule has 0 saturated heterocycles. The fourth-order valence-electron chi connectivity index (χ4n) is 2.58. The average molecular weight is 253 g/mol. The number of amides is 1. The average Bonchev–Trinajstić information content (AvgIpc) is 2.86. The van der Waals surface area contributed by atoms with Crippen LogP contribution in [0, 0.1) is 12.3 Å². The molecule has 0 aromatic carbocycles. The lowest BCUT2D eigenvalue weighted by Gasteiger charge is -2.29. The first-order valence-electron chi connectivity index (χ1n) is 6.00. The lowest BCUT2D eigenvalue weighted by Crippen LogP contribution is -2.45. The van der Waals surface area contributed by atoms with E-state index < -0.39 is 5.41 Å². The SMILES string of the molecule is Cc1noc(N(C)C[C@]2(C(N)=O)CCC(N)C2)n1. The first kappa shape index (κ1) is 12.8. The van der Waals surface area contributed by atoms with Crippen molar-refractivity contribution in [3.8, 4) is 0 Å². The molecule has 18 heavy (non-hydrogen) atoms. The molecule has 2 atom stereocenters. The van der Waals surface area contributed by atoms with Gasteiger partial charge in [-0.2, -0.15) is 4.98 Å². The number of anilines is 1. The standard InChI is InChI=1S/C11H19N5O2/c1-7-14-10(18-15-7)16(2)6-11(9(13)17)4-3-8(12)5-11/h8H,3-6,12H2,1-2H3,(H2,13,17)/t8?,11-/m0/s1. The monoisotopic (exact) mass is 253 g/mol. The highest BCUT2D eigenvalue weighted by Crippen LogP contribution is 2.38. The molecule has 1 amide bonds. The number of aromatic nitrogens is 2. The minimum Gasteiger partial charge on any atom is -0.369 e. The summed E-state index contributed by atoms with van der Waals surface area (Å²) in [6, 6.07) is 0.434. The third-order valence-electron chi connectivity index (χ3n) is 3.55. The molecule has 1 unspecified atom stereocenters. The Bertz CT molecular complexity index is 446. The van der Waals surface area contributed by atoms with E-state index in [-0.39, 0.29) is 11.9 Å². The summed E-state index contributed by atoms with van der Waals surface area (Å²) < 4.78 is 5.07.